The fraction of sp³-hybridized carbons (Fsp3) is 0. The largest absolute Gasteiger partial charge is 0.265 e. The molecule has 0 aliphatic heterocycles. The fourth-order valence-electron chi connectivity index (χ4n) is 0.632. The van der Waals surface area contributed by atoms with E-state index in [1.54, 1.807) is 0 Å². The summed E-state index contributed by atoms with van der Waals surface area (Å²) in [6, 6.07) is 0. The quantitative estimate of drug-likeness (QED) is 0.735. The second kappa shape index (κ2) is 3.27. The van der Waals surface area contributed by atoms with E-state index < -0.39 is 19.8 Å². The van der Waals surface area contributed by atoms with E-state index in [-0.39, 0.29) is 4.47 Å². The molecule has 0 aliphatic rings. The maximum atomic E-state index is 12.8. The first-order valence-electron chi connectivity index (χ1n) is 2.66. The number of hydrogen-bond acceptors (Lipinski definition) is 3. The van der Waals surface area contributed by atoms with Gasteiger partial charge in [0.1, 0.15) is 4.90 Å². The minimum atomic E-state index is -4.05. The second-order valence-electron chi connectivity index (χ2n) is 1.87. The molecule has 0 bridgehead atoms. The summed E-state index contributed by atoms with van der Waals surface area (Å²) in [5.41, 5.74) is 0. The van der Waals surface area contributed by atoms with Gasteiger partial charge in [-0.25, -0.2) is 12.8 Å². The summed E-state index contributed by atoms with van der Waals surface area (Å²) in [5.74, 6) is -0.973. The Morgan fingerprint density at radius 2 is 2.08 bits per heavy atom. The number of aromatic nitrogens is 1. The standard InChI is InChI=1S/C5H2BrClFNO2S/c6-3-1-9-2-4(8)5(3)12(7,10)11/h1-2H. The molecular formula is C5H2BrClFNO2S. The molecule has 0 radical (unpaired) electrons. The number of hydrogen-bond donors (Lipinski definition) is 0. The second-order valence-corrected chi connectivity index (χ2v) is 5.23. The summed E-state index contributed by atoms with van der Waals surface area (Å²) in [5, 5.41) is 0. The van der Waals surface area contributed by atoms with Gasteiger partial charge in [0.25, 0.3) is 9.05 Å². The Bertz CT molecular complexity index is 388. The van der Waals surface area contributed by atoms with Gasteiger partial charge in [-0.15, -0.1) is 0 Å². The van der Waals surface area contributed by atoms with Crippen molar-refractivity contribution >= 4 is 35.7 Å². The van der Waals surface area contributed by atoms with Gasteiger partial charge in [0.15, 0.2) is 5.82 Å². The minimum absolute atomic E-state index is 0.0116. The Kier molecular flexibility index (Phi) is 2.70. The molecule has 66 valence electrons. The van der Waals surface area contributed by atoms with Gasteiger partial charge < -0.3 is 0 Å². The van der Waals surface area contributed by atoms with Gasteiger partial charge in [-0.2, -0.15) is 0 Å². The maximum Gasteiger partial charge on any atom is 0.265 e. The van der Waals surface area contributed by atoms with E-state index in [1.807, 2.05) is 0 Å². The average molecular weight is 274 g/mol. The van der Waals surface area contributed by atoms with E-state index >= 15 is 0 Å². The Hall–Kier alpha value is -0.200. The van der Waals surface area contributed by atoms with Crippen molar-refractivity contribution < 1.29 is 12.8 Å². The van der Waals surface area contributed by atoms with E-state index in [0.29, 0.717) is 0 Å². The van der Waals surface area contributed by atoms with E-state index in [0.717, 1.165) is 12.4 Å². The lowest BCUT2D eigenvalue weighted by Crippen LogP contribution is -1.97. The van der Waals surface area contributed by atoms with Crippen LogP contribution in [0.3, 0.4) is 0 Å². The lowest BCUT2D eigenvalue weighted by Gasteiger charge is -1.99. The van der Waals surface area contributed by atoms with Crippen molar-refractivity contribution in [1.82, 2.24) is 4.98 Å². The monoisotopic (exact) mass is 273 g/mol. The number of rotatable bonds is 1. The van der Waals surface area contributed by atoms with Crippen LogP contribution in [0.1, 0.15) is 0 Å². The molecule has 1 rings (SSSR count). The SMILES string of the molecule is O=S(=O)(Cl)c1c(F)cncc1Br. The van der Waals surface area contributed by atoms with Crippen LogP contribution in [0.5, 0.6) is 0 Å². The zero-order valence-electron chi connectivity index (χ0n) is 5.46. The molecule has 0 aromatic carbocycles. The molecule has 1 heterocycles. The van der Waals surface area contributed by atoms with Gasteiger partial charge in [0.05, 0.1) is 10.7 Å². The highest BCUT2D eigenvalue weighted by molar-refractivity contribution is 9.10. The van der Waals surface area contributed by atoms with Crippen LogP contribution < -0.4 is 0 Å². The third-order valence-corrected chi connectivity index (χ3v) is 3.28. The van der Waals surface area contributed by atoms with Crippen LogP contribution in [0.2, 0.25) is 0 Å². The van der Waals surface area contributed by atoms with Gasteiger partial charge in [0, 0.05) is 16.9 Å². The summed E-state index contributed by atoms with van der Waals surface area (Å²) in [6.07, 6.45) is 1.93. The van der Waals surface area contributed by atoms with Crippen molar-refractivity contribution in [1.29, 1.82) is 0 Å². The zero-order valence-corrected chi connectivity index (χ0v) is 8.62. The molecule has 3 nitrogen and oxygen atoms in total. The minimum Gasteiger partial charge on any atom is -0.260 e. The van der Waals surface area contributed by atoms with Crippen LogP contribution in [0, 0.1) is 5.82 Å². The Morgan fingerprint density at radius 3 is 2.42 bits per heavy atom. The highest BCUT2D eigenvalue weighted by Gasteiger charge is 2.19. The van der Waals surface area contributed by atoms with Crippen molar-refractivity contribution in [2.24, 2.45) is 0 Å². The molecule has 0 atom stereocenters. The fourth-order valence-corrected chi connectivity index (χ4v) is 2.90. The third-order valence-electron chi connectivity index (χ3n) is 1.05. The molecule has 0 aliphatic carbocycles. The first-order valence-corrected chi connectivity index (χ1v) is 5.77. The predicted molar refractivity (Wildman–Crippen MR) is 44.9 cm³/mol. The molecule has 12 heavy (non-hydrogen) atoms. The summed E-state index contributed by atoms with van der Waals surface area (Å²) in [4.78, 5) is 2.83. The van der Waals surface area contributed by atoms with Crippen molar-refractivity contribution in [3.05, 3.63) is 22.7 Å². The summed E-state index contributed by atoms with van der Waals surface area (Å²) < 4.78 is 34.3. The van der Waals surface area contributed by atoms with Crippen molar-refractivity contribution in [3.8, 4) is 0 Å². The van der Waals surface area contributed by atoms with Crippen LogP contribution in [0.4, 0.5) is 4.39 Å². The third kappa shape index (κ3) is 1.94. The number of halogens is 3. The van der Waals surface area contributed by atoms with E-state index in [2.05, 4.69) is 20.9 Å². The van der Waals surface area contributed by atoms with E-state index in [4.69, 9.17) is 10.7 Å². The van der Waals surface area contributed by atoms with Crippen molar-refractivity contribution in [3.63, 3.8) is 0 Å². The van der Waals surface area contributed by atoms with Crippen LogP contribution in [0.25, 0.3) is 0 Å². The molecule has 7 heteroatoms. The average Bonchev–Trinajstić information content (AvgIpc) is 1.82. The Morgan fingerprint density at radius 1 is 1.50 bits per heavy atom. The molecule has 0 unspecified atom stereocenters. The number of pyridine rings is 1. The van der Waals surface area contributed by atoms with Gasteiger partial charge in [0.2, 0.25) is 0 Å². The van der Waals surface area contributed by atoms with Crippen LogP contribution in [-0.2, 0) is 9.05 Å². The smallest absolute Gasteiger partial charge is 0.260 e. The van der Waals surface area contributed by atoms with Crippen LogP contribution in [0.15, 0.2) is 21.8 Å². The van der Waals surface area contributed by atoms with Gasteiger partial charge in [-0.05, 0) is 15.9 Å². The molecule has 0 fully saturated rings. The highest BCUT2D eigenvalue weighted by Crippen LogP contribution is 2.26. The molecule has 0 saturated heterocycles. The maximum absolute atomic E-state index is 12.8. The summed E-state index contributed by atoms with van der Waals surface area (Å²) >= 11 is 2.82. The van der Waals surface area contributed by atoms with Gasteiger partial charge >= 0.3 is 0 Å². The lowest BCUT2D eigenvalue weighted by atomic mass is 10.5. The molecule has 1 aromatic heterocycles. The molecule has 1 aromatic rings. The molecule has 0 amide bonds. The summed E-state index contributed by atoms with van der Waals surface area (Å²) in [7, 11) is 0.890. The topological polar surface area (TPSA) is 47.0 Å². The van der Waals surface area contributed by atoms with Crippen molar-refractivity contribution in [2.45, 2.75) is 4.90 Å². The van der Waals surface area contributed by atoms with Crippen LogP contribution >= 0.6 is 26.6 Å². The molecule has 0 spiro atoms. The normalized spacial score (nSPS) is 11.6. The van der Waals surface area contributed by atoms with E-state index in [9.17, 15) is 12.8 Å². The van der Waals surface area contributed by atoms with Crippen LogP contribution in [-0.4, -0.2) is 13.4 Å². The summed E-state index contributed by atoms with van der Waals surface area (Å²) in [6.45, 7) is 0. The first kappa shape index (κ1) is 9.88. The van der Waals surface area contributed by atoms with Gasteiger partial charge in [-0.3, -0.25) is 4.98 Å². The highest BCUT2D eigenvalue weighted by atomic mass is 79.9. The molecule has 0 saturated carbocycles. The first-order chi connectivity index (χ1) is 5.43. The van der Waals surface area contributed by atoms with E-state index in [1.165, 1.54) is 0 Å². The number of nitrogens with zero attached hydrogens (tertiary/aromatic N) is 1. The zero-order chi connectivity index (χ0) is 9.35. The predicted octanol–water partition coefficient (Wildman–Crippen LogP) is 1.91. The molecule has 0 N–H and O–H groups in total. The molecular weight excluding hydrogens is 272 g/mol. The Labute approximate surface area is 81.1 Å². The van der Waals surface area contributed by atoms with Crippen molar-refractivity contribution in [2.75, 3.05) is 0 Å². The Balaban J connectivity index is 3.53. The lowest BCUT2D eigenvalue weighted by molar-refractivity contribution is 0.569. The van der Waals surface area contributed by atoms with Gasteiger partial charge in [-0.1, -0.05) is 0 Å².